The number of carbonyl (C=O) groups excluding carboxylic acids is 1. The Morgan fingerprint density at radius 2 is 1.69 bits per heavy atom. The molecule has 0 aliphatic heterocycles. The van der Waals surface area contributed by atoms with Crippen LogP contribution in [0.1, 0.15) is 6.42 Å². The summed E-state index contributed by atoms with van der Waals surface area (Å²) in [6, 6.07) is 9.05. The molecule has 170 valence electrons. The average Bonchev–Trinajstić information content (AvgIpc) is 3.27. The zero-order chi connectivity index (χ0) is 23.3. The first kappa shape index (κ1) is 23.3. The summed E-state index contributed by atoms with van der Waals surface area (Å²) in [6.45, 7) is 0. The van der Waals surface area contributed by atoms with E-state index in [0.29, 0.717) is 34.4 Å². The SMILES string of the molecule is COc1ccc(-c2nscc2-c2cc(OC)c(OC)c(OC)c2)cc1NC(=O)CC(N)O. The van der Waals surface area contributed by atoms with E-state index in [4.69, 9.17) is 24.7 Å². The molecule has 0 bridgehead atoms. The molecule has 9 nitrogen and oxygen atoms in total. The normalized spacial score (nSPS) is 11.6. The minimum atomic E-state index is -1.24. The zero-order valence-electron chi connectivity index (χ0n) is 18.2. The zero-order valence-corrected chi connectivity index (χ0v) is 19.0. The largest absolute Gasteiger partial charge is 0.495 e. The number of amides is 1. The smallest absolute Gasteiger partial charge is 0.228 e. The van der Waals surface area contributed by atoms with Crippen LogP contribution >= 0.6 is 11.5 Å². The number of benzene rings is 2. The molecule has 0 saturated carbocycles. The molecule has 1 amide bonds. The van der Waals surface area contributed by atoms with Gasteiger partial charge in [-0.1, -0.05) is 0 Å². The van der Waals surface area contributed by atoms with E-state index in [9.17, 15) is 9.90 Å². The van der Waals surface area contributed by atoms with Crippen LogP contribution in [0.2, 0.25) is 0 Å². The van der Waals surface area contributed by atoms with Gasteiger partial charge in [0.1, 0.15) is 12.0 Å². The monoisotopic (exact) mass is 459 g/mol. The Morgan fingerprint density at radius 1 is 1.03 bits per heavy atom. The van der Waals surface area contributed by atoms with Crippen molar-refractivity contribution in [3.05, 3.63) is 35.7 Å². The van der Waals surface area contributed by atoms with E-state index >= 15 is 0 Å². The van der Waals surface area contributed by atoms with Crippen molar-refractivity contribution in [2.75, 3.05) is 33.8 Å². The van der Waals surface area contributed by atoms with Gasteiger partial charge in [0, 0.05) is 16.5 Å². The molecule has 1 atom stereocenters. The van der Waals surface area contributed by atoms with Gasteiger partial charge in [0.25, 0.3) is 0 Å². The third-order valence-corrected chi connectivity index (χ3v) is 5.32. The lowest BCUT2D eigenvalue weighted by molar-refractivity contribution is -0.117. The van der Waals surface area contributed by atoms with Crippen LogP contribution in [0.25, 0.3) is 22.4 Å². The van der Waals surface area contributed by atoms with Crippen molar-refractivity contribution >= 4 is 23.1 Å². The van der Waals surface area contributed by atoms with Crippen molar-refractivity contribution in [3.8, 4) is 45.4 Å². The summed E-state index contributed by atoms with van der Waals surface area (Å²) in [5.41, 5.74) is 8.90. The molecule has 0 spiro atoms. The fraction of sp³-hybridized carbons (Fsp3) is 0.273. The molecule has 0 radical (unpaired) electrons. The van der Waals surface area contributed by atoms with Gasteiger partial charge in [-0.15, -0.1) is 0 Å². The Balaban J connectivity index is 2.05. The van der Waals surface area contributed by atoms with Crippen LogP contribution in [0.15, 0.2) is 35.7 Å². The van der Waals surface area contributed by atoms with E-state index in [1.165, 1.54) is 18.6 Å². The van der Waals surface area contributed by atoms with Gasteiger partial charge < -0.3 is 35.1 Å². The quantitative estimate of drug-likeness (QED) is 0.417. The molecule has 0 aliphatic rings. The third kappa shape index (κ3) is 4.93. The number of hydrogen-bond acceptors (Lipinski definition) is 9. The number of nitrogens with two attached hydrogens (primary N) is 1. The standard InChI is InChI=1S/C22H25N3O6S/c1-28-16-6-5-12(7-15(16)24-20(27)10-19(23)26)21-14(11-32-25-21)13-8-17(29-2)22(31-4)18(9-13)30-3/h5-9,11,19,26H,10,23H2,1-4H3,(H,24,27). The van der Waals surface area contributed by atoms with Crippen molar-refractivity contribution < 1.29 is 28.8 Å². The first-order valence-corrected chi connectivity index (χ1v) is 10.4. The maximum Gasteiger partial charge on any atom is 0.228 e. The number of aliphatic hydroxyl groups is 1. The number of aromatic nitrogens is 1. The summed E-state index contributed by atoms with van der Waals surface area (Å²) in [7, 11) is 6.18. The average molecular weight is 460 g/mol. The molecule has 3 rings (SSSR count). The van der Waals surface area contributed by atoms with E-state index in [0.717, 1.165) is 16.7 Å². The summed E-state index contributed by atoms with van der Waals surface area (Å²) in [5.74, 6) is 1.60. The van der Waals surface area contributed by atoms with E-state index in [1.54, 1.807) is 33.5 Å². The highest BCUT2D eigenvalue weighted by Crippen LogP contribution is 2.44. The van der Waals surface area contributed by atoms with Gasteiger partial charge in [-0.3, -0.25) is 4.79 Å². The van der Waals surface area contributed by atoms with Gasteiger partial charge >= 0.3 is 0 Å². The van der Waals surface area contributed by atoms with Crippen LogP contribution in [-0.2, 0) is 4.79 Å². The Labute approximate surface area is 189 Å². The number of nitrogens with one attached hydrogen (secondary N) is 1. The molecule has 32 heavy (non-hydrogen) atoms. The summed E-state index contributed by atoms with van der Waals surface area (Å²) in [5, 5.41) is 13.9. The molecule has 2 aromatic carbocycles. The number of rotatable bonds is 9. The number of nitrogens with zero attached hydrogens (tertiary/aromatic N) is 1. The fourth-order valence-electron chi connectivity index (χ4n) is 3.23. The van der Waals surface area contributed by atoms with Crippen molar-refractivity contribution in [1.29, 1.82) is 0 Å². The van der Waals surface area contributed by atoms with Crippen molar-refractivity contribution in [1.82, 2.24) is 4.37 Å². The molecule has 0 aliphatic carbocycles. The number of methoxy groups -OCH3 is 4. The predicted octanol–water partition coefficient (Wildman–Crippen LogP) is 3.12. The minimum absolute atomic E-state index is 0.235. The summed E-state index contributed by atoms with van der Waals surface area (Å²) < 4.78 is 26.3. The molecule has 1 aromatic heterocycles. The van der Waals surface area contributed by atoms with Crippen LogP contribution in [0, 0.1) is 0 Å². The Morgan fingerprint density at radius 3 is 2.25 bits per heavy atom. The molecule has 0 fully saturated rings. The molecule has 4 N–H and O–H groups in total. The van der Waals surface area contributed by atoms with Crippen molar-refractivity contribution in [2.24, 2.45) is 5.73 Å². The molecule has 1 unspecified atom stereocenters. The number of aliphatic hydroxyl groups excluding tert-OH is 1. The van der Waals surface area contributed by atoms with E-state index < -0.39 is 12.1 Å². The van der Waals surface area contributed by atoms with Crippen LogP contribution in [0.5, 0.6) is 23.0 Å². The molecule has 1 heterocycles. The lowest BCUT2D eigenvalue weighted by atomic mass is 10.0. The number of ether oxygens (including phenoxy) is 4. The van der Waals surface area contributed by atoms with Gasteiger partial charge in [-0.05, 0) is 47.4 Å². The first-order valence-electron chi connectivity index (χ1n) is 9.58. The maximum absolute atomic E-state index is 12.1. The third-order valence-electron chi connectivity index (χ3n) is 4.69. The maximum atomic E-state index is 12.1. The van der Waals surface area contributed by atoms with Gasteiger partial charge in [-0.2, -0.15) is 4.37 Å². The lowest BCUT2D eigenvalue weighted by Crippen LogP contribution is -2.26. The van der Waals surface area contributed by atoms with Crippen LogP contribution in [-0.4, -0.2) is 50.1 Å². The Kier molecular flexibility index (Phi) is 7.52. The van der Waals surface area contributed by atoms with Gasteiger partial charge in [0.15, 0.2) is 11.5 Å². The Bertz CT molecular complexity index is 1070. The van der Waals surface area contributed by atoms with E-state index in [1.807, 2.05) is 23.6 Å². The van der Waals surface area contributed by atoms with Gasteiger partial charge in [-0.25, -0.2) is 0 Å². The van der Waals surface area contributed by atoms with Crippen molar-refractivity contribution in [3.63, 3.8) is 0 Å². The summed E-state index contributed by atoms with van der Waals surface area (Å²) in [6.07, 6.45) is -1.48. The molecule has 3 aromatic rings. The number of anilines is 1. The van der Waals surface area contributed by atoms with Gasteiger partial charge in [0.2, 0.25) is 11.7 Å². The lowest BCUT2D eigenvalue weighted by Gasteiger charge is -2.15. The second-order valence-corrected chi connectivity index (χ2v) is 7.35. The highest BCUT2D eigenvalue weighted by atomic mass is 32.1. The first-order chi connectivity index (χ1) is 15.4. The molecular weight excluding hydrogens is 434 g/mol. The highest BCUT2D eigenvalue weighted by Gasteiger charge is 2.19. The van der Waals surface area contributed by atoms with E-state index in [-0.39, 0.29) is 6.42 Å². The van der Waals surface area contributed by atoms with Crippen LogP contribution < -0.4 is 30.0 Å². The van der Waals surface area contributed by atoms with Crippen molar-refractivity contribution in [2.45, 2.75) is 12.6 Å². The summed E-state index contributed by atoms with van der Waals surface area (Å²) >= 11 is 1.30. The van der Waals surface area contributed by atoms with Crippen LogP contribution in [0.3, 0.4) is 0 Å². The Hall–Kier alpha value is -3.34. The minimum Gasteiger partial charge on any atom is -0.495 e. The second kappa shape index (κ2) is 10.3. The fourth-order valence-corrected chi connectivity index (χ4v) is 3.95. The van der Waals surface area contributed by atoms with Gasteiger partial charge in [0.05, 0.1) is 46.2 Å². The van der Waals surface area contributed by atoms with Crippen LogP contribution in [0.4, 0.5) is 5.69 Å². The molecular formula is C22H25N3O6S. The molecule has 0 saturated heterocycles. The predicted molar refractivity (Wildman–Crippen MR) is 123 cm³/mol. The summed E-state index contributed by atoms with van der Waals surface area (Å²) in [4.78, 5) is 12.1. The highest BCUT2D eigenvalue weighted by molar-refractivity contribution is 7.04. The topological polar surface area (TPSA) is 125 Å². The second-order valence-electron chi connectivity index (χ2n) is 6.73. The van der Waals surface area contributed by atoms with E-state index in [2.05, 4.69) is 9.69 Å². The number of carbonyl (C=O) groups is 1. The number of hydrogen-bond donors (Lipinski definition) is 3. The molecule has 10 heteroatoms.